The first-order valence-corrected chi connectivity index (χ1v) is 8.77. The van der Waals surface area contributed by atoms with Gasteiger partial charge in [-0.15, -0.1) is 0 Å². The van der Waals surface area contributed by atoms with Gasteiger partial charge in [-0.25, -0.2) is 4.79 Å². The Bertz CT molecular complexity index is 520. The fourth-order valence-corrected chi connectivity index (χ4v) is 2.50. The summed E-state index contributed by atoms with van der Waals surface area (Å²) in [6.45, 7) is 7.96. The third-order valence-corrected chi connectivity index (χ3v) is 4.04. The third kappa shape index (κ3) is 7.54. The molecule has 0 saturated carbocycles. The quantitative estimate of drug-likeness (QED) is 0.206. The molecule has 6 heteroatoms. The van der Waals surface area contributed by atoms with Crippen molar-refractivity contribution < 1.29 is 28.7 Å². The molecule has 25 heavy (non-hydrogen) atoms. The maximum absolute atomic E-state index is 12.5. The molecule has 0 heterocycles. The summed E-state index contributed by atoms with van der Waals surface area (Å²) < 4.78 is 4.93. The minimum absolute atomic E-state index is 0.0116. The molecule has 2 unspecified atom stereocenters. The molecule has 0 radical (unpaired) electrons. The first kappa shape index (κ1) is 22.9. The Labute approximate surface area is 149 Å². The zero-order valence-electron chi connectivity index (χ0n) is 15.3. The maximum atomic E-state index is 12.5. The van der Waals surface area contributed by atoms with Gasteiger partial charge in [0.15, 0.2) is 11.6 Å². The molecule has 0 spiro atoms. The van der Waals surface area contributed by atoms with E-state index in [1.807, 2.05) is 6.92 Å². The van der Waals surface area contributed by atoms with Crippen LogP contribution in [0.3, 0.4) is 0 Å². The second-order valence-electron chi connectivity index (χ2n) is 5.82. The minimum Gasteiger partial charge on any atom is -0.462 e. The highest BCUT2D eigenvalue weighted by molar-refractivity contribution is 6.41. The fourth-order valence-electron chi connectivity index (χ4n) is 2.50. The zero-order valence-corrected chi connectivity index (χ0v) is 15.3. The van der Waals surface area contributed by atoms with Gasteiger partial charge in [0.05, 0.1) is 5.92 Å². The molecule has 0 bridgehead atoms. The molecule has 0 aliphatic rings. The molecule has 0 aromatic carbocycles. The highest BCUT2D eigenvalue weighted by Gasteiger charge is 2.38. The number of rotatable bonds is 14. The van der Waals surface area contributed by atoms with Gasteiger partial charge in [-0.2, -0.15) is 0 Å². The first-order valence-electron chi connectivity index (χ1n) is 8.77. The summed E-state index contributed by atoms with van der Waals surface area (Å²) >= 11 is 0. The Morgan fingerprint density at radius 1 is 0.880 bits per heavy atom. The van der Waals surface area contributed by atoms with Gasteiger partial charge in [-0.1, -0.05) is 46.6 Å². The molecule has 6 nitrogen and oxygen atoms in total. The fraction of sp³-hybridized carbons (Fsp3) is 0.632. The van der Waals surface area contributed by atoms with E-state index in [1.54, 1.807) is 6.92 Å². The van der Waals surface area contributed by atoms with Crippen LogP contribution in [0, 0.1) is 11.8 Å². The van der Waals surface area contributed by atoms with Crippen LogP contribution < -0.4 is 0 Å². The van der Waals surface area contributed by atoms with Crippen molar-refractivity contribution in [1.29, 1.82) is 0 Å². The van der Waals surface area contributed by atoms with E-state index in [1.165, 1.54) is 6.92 Å². The van der Waals surface area contributed by atoms with Crippen molar-refractivity contribution in [2.45, 2.75) is 59.3 Å². The molecule has 2 atom stereocenters. The number of ketones is 4. The second-order valence-corrected chi connectivity index (χ2v) is 5.82. The SMILES string of the molecule is C=CC(=O)OCC(C(=O)C(=O)CC)C(CCCCC)C(=O)C(=O)CC. The lowest BCUT2D eigenvalue weighted by Crippen LogP contribution is -2.40. The number of ether oxygens (including phenoxy) is 1. The average molecular weight is 352 g/mol. The van der Waals surface area contributed by atoms with Crippen LogP contribution in [0.1, 0.15) is 59.3 Å². The highest BCUT2D eigenvalue weighted by atomic mass is 16.5. The number of esters is 1. The second kappa shape index (κ2) is 12.3. The Balaban J connectivity index is 5.58. The predicted octanol–water partition coefficient (Wildman–Crippen LogP) is 2.62. The monoisotopic (exact) mass is 352 g/mol. The summed E-state index contributed by atoms with van der Waals surface area (Å²) in [5.74, 6) is -5.48. The molecule has 0 rings (SSSR count). The summed E-state index contributed by atoms with van der Waals surface area (Å²) in [5.41, 5.74) is 0. The minimum atomic E-state index is -1.13. The van der Waals surface area contributed by atoms with Crippen molar-refractivity contribution in [3.05, 3.63) is 12.7 Å². The van der Waals surface area contributed by atoms with Crippen LogP contribution in [-0.2, 0) is 28.7 Å². The van der Waals surface area contributed by atoms with Gasteiger partial charge in [-0.05, 0) is 6.42 Å². The Kier molecular flexibility index (Phi) is 11.2. The van der Waals surface area contributed by atoms with Gasteiger partial charge in [-0.3, -0.25) is 19.2 Å². The molecule has 0 fully saturated rings. The van der Waals surface area contributed by atoms with Gasteiger partial charge in [0.2, 0.25) is 11.6 Å². The van der Waals surface area contributed by atoms with E-state index in [0.29, 0.717) is 12.8 Å². The molecule has 0 amide bonds. The standard InChI is InChI=1S/C19H28O6/c1-5-9-10-11-13(18(23)15(20)6-2)14(12-25-17(22)8-4)19(24)16(21)7-3/h8,13-14H,4-7,9-12H2,1-3H3. The largest absolute Gasteiger partial charge is 0.462 e. The lowest BCUT2D eigenvalue weighted by atomic mass is 9.79. The summed E-state index contributed by atoms with van der Waals surface area (Å²) in [4.78, 5) is 60.0. The van der Waals surface area contributed by atoms with E-state index in [-0.39, 0.29) is 12.8 Å². The van der Waals surface area contributed by atoms with Gasteiger partial charge >= 0.3 is 5.97 Å². The van der Waals surface area contributed by atoms with Gasteiger partial charge in [0.1, 0.15) is 6.61 Å². The van der Waals surface area contributed by atoms with Crippen LogP contribution in [0.2, 0.25) is 0 Å². The smallest absolute Gasteiger partial charge is 0.330 e. The molecule has 0 aromatic rings. The van der Waals surface area contributed by atoms with Crippen molar-refractivity contribution in [1.82, 2.24) is 0 Å². The van der Waals surface area contributed by atoms with Crippen molar-refractivity contribution in [2.24, 2.45) is 11.8 Å². The summed E-state index contributed by atoms with van der Waals surface area (Å²) in [7, 11) is 0. The summed E-state index contributed by atoms with van der Waals surface area (Å²) in [5, 5.41) is 0. The lowest BCUT2D eigenvalue weighted by molar-refractivity contribution is -0.150. The van der Waals surface area contributed by atoms with E-state index in [4.69, 9.17) is 4.74 Å². The van der Waals surface area contributed by atoms with Gasteiger partial charge < -0.3 is 4.74 Å². The molecule has 0 aromatic heterocycles. The van der Waals surface area contributed by atoms with E-state index in [2.05, 4.69) is 6.58 Å². The van der Waals surface area contributed by atoms with Gasteiger partial charge in [0, 0.05) is 24.8 Å². The van der Waals surface area contributed by atoms with Crippen LogP contribution in [0.25, 0.3) is 0 Å². The van der Waals surface area contributed by atoms with Crippen molar-refractivity contribution in [3.63, 3.8) is 0 Å². The van der Waals surface area contributed by atoms with E-state index >= 15 is 0 Å². The van der Waals surface area contributed by atoms with E-state index < -0.39 is 47.5 Å². The van der Waals surface area contributed by atoms with Crippen molar-refractivity contribution in [2.75, 3.05) is 6.61 Å². The van der Waals surface area contributed by atoms with Crippen LogP contribution >= 0.6 is 0 Å². The zero-order chi connectivity index (χ0) is 19.4. The molecule has 0 aliphatic heterocycles. The maximum Gasteiger partial charge on any atom is 0.330 e. The molecule has 0 N–H and O–H groups in total. The molecule has 0 aliphatic carbocycles. The number of hydrogen-bond acceptors (Lipinski definition) is 6. The van der Waals surface area contributed by atoms with E-state index in [9.17, 15) is 24.0 Å². The third-order valence-electron chi connectivity index (χ3n) is 4.04. The Hall–Kier alpha value is -2.11. The molecular weight excluding hydrogens is 324 g/mol. The van der Waals surface area contributed by atoms with E-state index in [0.717, 1.165) is 18.9 Å². The predicted molar refractivity (Wildman–Crippen MR) is 92.9 cm³/mol. The highest BCUT2D eigenvalue weighted by Crippen LogP contribution is 2.24. The normalized spacial score (nSPS) is 12.8. The lowest BCUT2D eigenvalue weighted by Gasteiger charge is -2.23. The summed E-state index contributed by atoms with van der Waals surface area (Å²) in [6.07, 6.45) is 3.63. The Morgan fingerprint density at radius 2 is 1.40 bits per heavy atom. The topological polar surface area (TPSA) is 94.6 Å². The first-order chi connectivity index (χ1) is 11.8. The van der Waals surface area contributed by atoms with Crippen LogP contribution in [0.15, 0.2) is 12.7 Å². The number of Topliss-reactive ketones (excluding diaryl/α,β-unsaturated/α-hetero) is 4. The number of unbranched alkanes of at least 4 members (excludes halogenated alkanes) is 2. The van der Waals surface area contributed by atoms with Crippen LogP contribution in [0.5, 0.6) is 0 Å². The molecule has 0 saturated heterocycles. The van der Waals surface area contributed by atoms with Crippen molar-refractivity contribution >= 4 is 29.1 Å². The average Bonchev–Trinajstić information content (AvgIpc) is 2.63. The molecule has 140 valence electrons. The number of carbonyl (C=O) groups is 5. The molecular formula is C19H28O6. The number of carbonyl (C=O) groups excluding carboxylic acids is 5. The van der Waals surface area contributed by atoms with Crippen LogP contribution in [-0.4, -0.2) is 35.7 Å². The van der Waals surface area contributed by atoms with Crippen molar-refractivity contribution in [3.8, 4) is 0 Å². The van der Waals surface area contributed by atoms with Gasteiger partial charge in [0.25, 0.3) is 0 Å². The summed E-state index contributed by atoms with van der Waals surface area (Å²) in [6, 6.07) is 0. The number of hydrogen-bond donors (Lipinski definition) is 0. The van der Waals surface area contributed by atoms with Crippen LogP contribution in [0.4, 0.5) is 0 Å². The Morgan fingerprint density at radius 3 is 1.84 bits per heavy atom.